The Bertz CT molecular complexity index is 793. The molecular formula is C22H31N3O2S. The van der Waals surface area contributed by atoms with E-state index in [1.165, 1.54) is 5.56 Å². The Labute approximate surface area is 173 Å². The van der Waals surface area contributed by atoms with Gasteiger partial charge < -0.3 is 15.0 Å². The van der Waals surface area contributed by atoms with Crippen molar-refractivity contribution in [2.24, 2.45) is 4.99 Å². The van der Waals surface area contributed by atoms with Crippen LogP contribution in [0.2, 0.25) is 0 Å². The van der Waals surface area contributed by atoms with Gasteiger partial charge in [0.15, 0.2) is 0 Å². The summed E-state index contributed by atoms with van der Waals surface area (Å²) in [7, 11) is 0. The first-order valence-electron chi connectivity index (χ1n) is 9.90. The number of benzene rings is 1. The van der Waals surface area contributed by atoms with E-state index < -0.39 is 11.3 Å². The predicted molar refractivity (Wildman–Crippen MR) is 117 cm³/mol. The first kappa shape index (κ1) is 20.8. The third-order valence-electron chi connectivity index (χ3n) is 5.15. The van der Waals surface area contributed by atoms with E-state index in [1.807, 2.05) is 20.8 Å². The number of thiocarbonyl (C=S) groups is 1. The minimum absolute atomic E-state index is 0.116. The van der Waals surface area contributed by atoms with Crippen LogP contribution in [0.15, 0.2) is 29.3 Å². The quantitative estimate of drug-likeness (QED) is 0.707. The van der Waals surface area contributed by atoms with Gasteiger partial charge in [-0.25, -0.2) is 4.79 Å². The first-order chi connectivity index (χ1) is 12.9. The number of likely N-dealkylation sites (tertiary alicyclic amines) is 1. The molecule has 0 unspecified atom stereocenters. The van der Waals surface area contributed by atoms with Gasteiger partial charge in [-0.05, 0) is 31.7 Å². The molecule has 2 aliphatic heterocycles. The Balaban J connectivity index is 1.71. The molecule has 0 aromatic heterocycles. The molecule has 1 fully saturated rings. The average Bonchev–Trinajstić information content (AvgIpc) is 2.89. The molecule has 0 saturated carbocycles. The van der Waals surface area contributed by atoms with Crippen LogP contribution in [0, 0.1) is 0 Å². The maximum atomic E-state index is 12.3. The Hall–Kier alpha value is -1.95. The van der Waals surface area contributed by atoms with Crippen LogP contribution in [-0.2, 0) is 10.2 Å². The summed E-state index contributed by atoms with van der Waals surface area (Å²) in [5.74, 6) is 0. The van der Waals surface area contributed by atoms with Crippen LogP contribution in [0.1, 0.15) is 65.5 Å². The molecule has 28 heavy (non-hydrogen) atoms. The molecule has 1 aromatic rings. The van der Waals surface area contributed by atoms with Gasteiger partial charge in [-0.15, -0.1) is 0 Å². The molecule has 1 amide bonds. The monoisotopic (exact) mass is 401 g/mol. The molecule has 1 saturated heterocycles. The fourth-order valence-corrected chi connectivity index (χ4v) is 3.86. The van der Waals surface area contributed by atoms with Crippen LogP contribution in [0.5, 0.6) is 0 Å². The lowest BCUT2D eigenvalue weighted by atomic mass is 9.86. The molecular weight excluding hydrogens is 370 g/mol. The van der Waals surface area contributed by atoms with Crippen molar-refractivity contribution in [3.8, 4) is 0 Å². The Kier molecular flexibility index (Phi) is 5.30. The number of nitrogens with one attached hydrogen (secondary N) is 1. The van der Waals surface area contributed by atoms with Crippen molar-refractivity contribution in [2.45, 2.75) is 71.1 Å². The predicted octanol–water partition coefficient (Wildman–Crippen LogP) is 4.43. The molecule has 5 nitrogen and oxygen atoms in total. The van der Waals surface area contributed by atoms with Crippen LogP contribution >= 0.6 is 12.2 Å². The van der Waals surface area contributed by atoms with E-state index in [9.17, 15) is 4.79 Å². The summed E-state index contributed by atoms with van der Waals surface area (Å²) >= 11 is 5.59. The molecule has 1 spiro atoms. The van der Waals surface area contributed by atoms with Gasteiger partial charge in [0.05, 0.1) is 0 Å². The fraction of sp³-hybridized carbons (Fsp3) is 0.591. The van der Waals surface area contributed by atoms with Crippen molar-refractivity contribution in [3.63, 3.8) is 0 Å². The third-order valence-corrected chi connectivity index (χ3v) is 5.45. The normalized spacial score (nSPS) is 19.4. The molecule has 3 rings (SSSR count). The lowest BCUT2D eigenvalue weighted by Gasteiger charge is -2.38. The molecule has 6 heteroatoms. The van der Waals surface area contributed by atoms with E-state index in [4.69, 9.17) is 21.9 Å². The SMILES string of the molecule is CC(C)(C)OC(=O)N1CCC2(CC1)N=C(c1ccc(C(C)(C)C)cc1)C(=S)N2. The second kappa shape index (κ2) is 7.14. The number of aliphatic imine (C=N–C) groups is 1. The van der Waals surface area contributed by atoms with Crippen LogP contribution in [0.3, 0.4) is 0 Å². The van der Waals surface area contributed by atoms with Gasteiger partial charge in [0.25, 0.3) is 0 Å². The fourth-order valence-electron chi connectivity index (χ4n) is 3.51. The van der Waals surface area contributed by atoms with E-state index >= 15 is 0 Å². The Morgan fingerprint density at radius 3 is 2.18 bits per heavy atom. The van der Waals surface area contributed by atoms with Gasteiger partial charge >= 0.3 is 6.09 Å². The number of rotatable bonds is 1. The van der Waals surface area contributed by atoms with Gasteiger partial charge in [0.2, 0.25) is 0 Å². The van der Waals surface area contributed by atoms with Crippen LogP contribution in [-0.4, -0.2) is 46.0 Å². The summed E-state index contributed by atoms with van der Waals surface area (Å²) in [5, 5.41) is 3.42. The van der Waals surface area contributed by atoms with Crippen molar-refractivity contribution in [2.75, 3.05) is 13.1 Å². The number of carbonyl (C=O) groups excluding carboxylic acids is 1. The number of piperidine rings is 1. The maximum absolute atomic E-state index is 12.3. The zero-order chi connectivity index (χ0) is 20.7. The number of hydrogen-bond acceptors (Lipinski definition) is 4. The number of ether oxygens (including phenoxy) is 1. The van der Waals surface area contributed by atoms with Gasteiger partial charge in [-0.3, -0.25) is 4.99 Å². The summed E-state index contributed by atoms with van der Waals surface area (Å²) in [6.45, 7) is 13.5. The van der Waals surface area contributed by atoms with Crippen molar-refractivity contribution in [3.05, 3.63) is 35.4 Å². The summed E-state index contributed by atoms with van der Waals surface area (Å²) in [6, 6.07) is 8.50. The molecule has 0 atom stereocenters. The zero-order valence-electron chi connectivity index (χ0n) is 17.8. The van der Waals surface area contributed by atoms with E-state index in [0.717, 1.165) is 24.1 Å². The van der Waals surface area contributed by atoms with Crippen LogP contribution in [0.25, 0.3) is 0 Å². The molecule has 0 radical (unpaired) electrons. The number of hydrogen-bond donors (Lipinski definition) is 1. The molecule has 0 bridgehead atoms. The summed E-state index contributed by atoms with van der Waals surface area (Å²) < 4.78 is 5.48. The topological polar surface area (TPSA) is 53.9 Å². The first-order valence-corrected chi connectivity index (χ1v) is 10.3. The standard InChI is InChI=1S/C22H31N3O2S/c1-20(2,3)16-9-7-15(8-10-16)17-18(28)24-22(23-17)11-13-25(14-12-22)19(26)27-21(4,5)6/h7-10H,11-14H2,1-6H3,(H,24,28). The second-order valence-corrected chi connectivity index (χ2v) is 10.1. The second-order valence-electron chi connectivity index (χ2n) is 9.74. The number of amides is 1. The number of carbonyl (C=O) groups is 1. The lowest BCUT2D eigenvalue weighted by molar-refractivity contribution is 0.0165. The Morgan fingerprint density at radius 1 is 1.11 bits per heavy atom. The minimum Gasteiger partial charge on any atom is -0.444 e. The van der Waals surface area contributed by atoms with E-state index in [-0.39, 0.29) is 11.5 Å². The highest BCUT2D eigenvalue weighted by Gasteiger charge is 2.42. The third kappa shape index (κ3) is 4.54. The van der Waals surface area contributed by atoms with Crippen LogP contribution in [0.4, 0.5) is 4.79 Å². The summed E-state index contributed by atoms with van der Waals surface area (Å²) in [5.41, 5.74) is 2.40. The molecule has 0 aliphatic carbocycles. The highest BCUT2D eigenvalue weighted by molar-refractivity contribution is 7.82. The molecule has 2 aliphatic rings. The van der Waals surface area contributed by atoms with Gasteiger partial charge in [0, 0.05) is 31.5 Å². The van der Waals surface area contributed by atoms with E-state index in [2.05, 4.69) is 50.4 Å². The summed E-state index contributed by atoms with van der Waals surface area (Å²) in [4.78, 5) is 19.7. The zero-order valence-corrected chi connectivity index (χ0v) is 18.6. The van der Waals surface area contributed by atoms with E-state index in [0.29, 0.717) is 18.1 Å². The van der Waals surface area contributed by atoms with Crippen LogP contribution < -0.4 is 5.32 Å². The minimum atomic E-state index is -0.482. The smallest absolute Gasteiger partial charge is 0.410 e. The van der Waals surface area contributed by atoms with Gasteiger partial charge in [0.1, 0.15) is 22.0 Å². The maximum Gasteiger partial charge on any atom is 0.410 e. The average molecular weight is 402 g/mol. The van der Waals surface area contributed by atoms with Crippen molar-refractivity contribution in [1.29, 1.82) is 0 Å². The Morgan fingerprint density at radius 2 is 1.68 bits per heavy atom. The highest BCUT2D eigenvalue weighted by atomic mass is 32.1. The highest BCUT2D eigenvalue weighted by Crippen LogP contribution is 2.30. The van der Waals surface area contributed by atoms with E-state index in [1.54, 1.807) is 4.90 Å². The molecule has 2 heterocycles. The number of nitrogens with zero attached hydrogens (tertiary/aromatic N) is 2. The molecule has 1 aromatic carbocycles. The van der Waals surface area contributed by atoms with Gasteiger partial charge in [-0.2, -0.15) is 0 Å². The van der Waals surface area contributed by atoms with Crippen molar-refractivity contribution in [1.82, 2.24) is 10.2 Å². The lowest BCUT2D eigenvalue weighted by Crippen LogP contribution is -2.52. The molecule has 152 valence electrons. The molecule has 1 N–H and O–H groups in total. The summed E-state index contributed by atoms with van der Waals surface area (Å²) in [6.07, 6.45) is 1.18. The van der Waals surface area contributed by atoms with Crippen molar-refractivity contribution >= 4 is 29.0 Å². The largest absolute Gasteiger partial charge is 0.444 e. The van der Waals surface area contributed by atoms with Gasteiger partial charge in [-0.1, -0.05) is 57.3 Å². The van der Waals surface area contributed by atoms with Crippen molar-refractivity contribution < 1.29 is 9.53 Å².